The third-order valence-electron chi connectivity index (χ3n) is 3.74. The minimum absolute atomic E-state index is 0.601. The second-order valence-corrected chi connectivity index (χ2v) is 5.69. The summed E-state index contributed by atoms with van der Waals surface area (Å²) in [5.41, 5.74) is 4.16. The average molecular weight is 318 g/mol. The van der Waals surface area contributed by atoms with Crippen molar-refractivity contribution in [2.24, 2.45) is 0 Å². The first kappa shape index (κ1) is 16.0. The third kappa shape index (κ3) is 3.90. The van der Waals surface area contributed by atoms with Crippen LogP contribution in [0.4, 0.5) is 17.5 Å². The molecule has 0 amide bonds. The molecule has 2 aromatic carbocycles. The lowest BCUT2D eigenvalue weighted by molar-refractivity contribution is 0.966. The Balaban J connectivity index is 1.97. The fourth-order valence-corrected chi connectivity index (χ4v) is 2.44. The lowest BCUT2D eigenvalue weighted by Gasteiger charge is -2.12. The summed E-state index contributed by atoms with van der Waals surface area (Å²) >= 11 is 0. The molecule has 0 atom stereocenters. The van der Waals surface area contributed by atoms with E-state index in [4.69, 9.17) is 0 Å². The quantitative estimate of drug-likeness (QED) is 0.670. The molecule has 0 saturated carbocycles. The maximum absolute atomic E-state index is 4.69. The molecule has 4 nitrogen and oxygen atoms in total. The maximum atomic E-state index is 4.69. The van der Waals surface area contributed by atoms with E-state index in [1.807, 2.05) is 42.5 Å². The summed E-state index contributed by atoms with van der Waals surface area (Å²) in [4.78, 5) is 9.29. The number of benzene rings is 2. The Morgan fingerprint density at radius 3 is 2.42 bits per heavy atom. The monoisotopic (exact) mass is 318 g/mol. The Bertz CT molecular complexity index is 800. The number of rotatable bonds is 6. The lowest BCUT2D eigenvalue weighted by atomic mass is 10.1. The topological polar surface area (TPSA) is 49.8 Å². The van der Waals surface area contributed by atoms with Crippen LogP contribution in [-0.4, -0.2) is 16.5 Å². The van der Waals surface area contributed by atoms with Gasteiger partial charge in [-0.05, 0) is 25.0 Å². The SMILES string of the molecule is CCCNc1cc(-c2ccccc2)nc(Nc2ccccc2C)n1. The van der Waals surface area contributed by atoms with Gasteiger partial charge in [0.1, 0.15) is 5.82 Å². The van der Waals surface area contributed by atoms with Gasteiger partial charge in [0, 0.05) is 23.9 Å². The van der Waals surface area contributed by atoms with Crippen molar-refractivity contribution in [1.82, 2.24) is 9.97 Å². The molecule has 1 aromatic heterocycles. The zero-order chi connectivity index (χ0) is 16.8. The van der Waals surface area contributed by atoms with Crippen LogP contribution < -0.4 is 10.6 Å². The van der Waals surface area contributed by atoms with Gasteiger partial charge in [-0.1, -0.05) is 55.5 Å². The van der Waals surface area contributed by atoms with Crippen LogP contribution in [-0.2, 0) is 0 Å². The van der Waals surface area contributed by atoms with E-state index < -0.39 is 0 Å². The molecule has 2 N–H and O–H groups in total. The Morgan fingerprint density at radius 1 is 0.917 bits per heavy atom. The summed E-state index contributed by atoms with van der Waals surface area (Å²) in [7, 11) is 0. The van der Waals surface area contributed by atoms with Gasteiger partial charge in [-0.3, -0.25) is 0 Å². The molecule has 0 saturated heterocycles. The molecule has 3 aromatic rings. The van der Waals surface area contributed by atoms with Gasteiger partial charge in [0.15, 0.2) is 0 Å². The molecule has 0 aliphatic carbocycles. The number of nitrogens with one attached hydrogen (secondary N) is 2. The number of hydrogen-bond donors (Lipinski definition) is 2. The zero-order valence-corrected chi connectivity index (χ0v) is 14.1. The molecule has 3 rings (SSSR count). The third-order valence-corrected chi connectivity index (χ3v) is 3.74. The van der Waals surface area contributed by atoms with Gasteiger partial charge in [0.05, 0.1) is 5.69 Å². The van der Waals surface area contributed by atoms with E-state index >= 15 is 0 Å². The molecule has 0 bridgehead atoms. The standard InChI is InChI=1S/C20H22N4/c1-3-13-21-19-14-18(16-10-5-4-6-11-16)23-20(24-19)22-17-12-8-7-9-15(17)2/h4-12,14H,3,13H2,1-2H3,(H2,21,22,23,24). The van der Waals surface area contributed by atoms with Crippen molar-refractivity contribution < 1.29 is 0 Å². The minimum Gasteiger partial charge on any atom is -0.370 e. The molecule has 0 spiro atoms. The van der Waals surface area contributed by atoms with Crippen LogP contribution in [0.25, 0.3) is 11.3 Å². The zero-order valence-electron chi connectivity index (χ0n) is 14.1. The van der Waals surface area contributed by atoms with Gasteiger partial charge in [-0.15, -0.1) is 0 Å². The molecule has 0 radical (unpaired) electrons. The highest BCUT2D eigenvalue weighted by molar-refractivity contribution is 5.66. The fourth-order valence-electron chi connectivity index (χ4n) is 2.44. The number of nitrogens with zero attached hydrogens (tertiary/aromatic N) is 2. The summed E-state index contributed by atoms with van der Waals surface area (Å²) in [6.45, 7) is 5.09. The molecule has 0 aliphatic rings. The Hall–Kier alpha value is -2.88. The molecule has 1 heterocycles. The van der Waals surface area contributed by atoms with Crippen molar-refractivity contribution >= 4 is 17.5 Å². The molecular weight excluding hydrogens is 296 g/mol. The minimum atomic E-state index is 0.601. The normalized spacial score (nSPS) is 10.4. The van der Waals surface area contributed by atoms with Gasteiger partial charge in [0.25, 0.3) is 0 Å². The molecule has 0 fully saturated rings. The predicted molar refractivity (Wildman–Crippen MR) is 101 cm³/mol. The van der Waals surface area contributed by atoms with Crippen molar-refractivity contribution in [2.45, 2.75) is 20.3 Å². The number of aryl methyl sites for hydroxylation is 1. The van der Waals surface area contributed by atoms with Crippen LogP contribution in [0, 0.1) is 6.92 Å². The molecule has 0 aliphatic heterocycles. The van der Waals surface area contributed by atoms with E-state index in [0.717, 1.165) is 41.3 Å². The van der Waals surface area contributed by atoms with E-state index in [9.17, 15) is 0 Å². The molecule has 24 heavy (non-hydrogen) atoms. The van der Waals surface area contributed by atoms with Gasteiger partial charge >= 0.3 is 0 Å². The highest BCUT2D eigenvalue weighted by Crippen LogP contribution is 2.24. The molecular formula is C20H22N4. The summed E-state index contributed by atoms with van der Waals surface area (Å²) in [6.07, 6.45) is 1.05. The van der Waals surface area contributed by atoms with Crippen LogP contribution in [0.3, 0.4) is 0 Å². The first-order chi connectivity index (χ1) is 11.8. The highest BCUT2D eigenvalue weighted by atomic mass is 15.1. The van der Waals surface area contributed by atoms with E-state index in [0.29, 0.717) is 5.95 Å². The highest BCUT2D eigenvalue weighted by Gasteiger charge is 2.08. The second kappa shape index (κ2) is 7.59. The van der Waals surface area contributed by atoms with Crippen molar-refractivity contribution in [3.05, 3.63) is 66.2 Å². The number of hydrogen-bond acceptors (Lipinski definition) is 4. The van der Waals surface area contributed by atoms with Crippen LogP contribution in [0.1, 0.15) is 18.9 Å². The largest absolute Gasteiger partial charge is 0.370 e. The van der Waals surface area contributed by atoms with E-state index in [1.54, 1.807) is 0 Å². The van der Waals surface area contributed by atoms with Crippen molar-refractivity contribution in [2.75, 3.05) is 17.2 Å². The van der Waals surface area contributed by atoms with Crippen molar-refractivity contribution in [1.29, 1.82) is 0 Å². The average Bonchev–Trinajstić information content (AvgIpc) is 2.62. The van der Waals surface area contributed by atoms with Gasteiger partial charge in [0.2, 0.25) is 5.95 Å². The summed E-state index contributed by atoms with van der Waals surface area (Å²) < 4.78 is 0. The van der Waals surface area contributed by atoms with Crippen LogP contribution in [0.2, 0.25) is 0 Å². The first-order valence-corrected chi connectivity index (χ1v) is 8.27. The number of anilines is 3. The maximum Gasteiger partial charge on any atom is 0.229 e. The predicted octanol–water partition coefficient (Wildman–Crippen LogP) is 5.02. The second-order valence-electron chi connectivity index (χ2n) is 5.69. The van der Waals surface area contributed by atoms with Gasteiger partial charge in [-0.25, -0.2) is 4.98 Å². The summed E-state index contributed by atoms with van der Waals surface area (Å²) in [6, 6.07) is 20.3. The van der Waals surface area contributed by atoms with Gasteiger partial charge < -0.3 is 10.6 Å². The summed E-state index contributed by atoms with van der Waals surface area (Å²) in [5.74, 6) is 1.44. The van der Waals surface area contributed by atoms with Crippen LogP contribution in [0.15, 0.2) is 60.7 Å². The van der Waals surface area contributed by atoms with Crippen LogP contribution >= 0.6 is 0 Å². The molecule has 122 valence electrons. The molecule has 0 unspecified atom stereocenters. The Morgan fingerprint density at radius 2 is 1.67 bits per heavy atom. The summed E-state index contributed by atoms with van der Waals surface area (Å²) in [5, 5.41) is 6.69. The first-order valence-electron chi connectivity index (χ1n) is 8.27. The number of aromatic nitrogens is 2. The molecule has 4 heteroatoms. The van der Waals surface area contributed by atoms with Gasteiger partial charge in [-0.2, -0.15) is 4.98 Å². The van der Waals surface area contributed by atoms with E-state index in [2.05, 4.69) is 52.6 Å². The Labute approximate surface area is 143 Å². The van der Waals surface area contributed by atoms with Crippen LogP contribution in [0.5, 0.6) is 0 Å². The fraction of sp³-hybridized carbons (Fsp3) is 0.200. The number of para-hydroxylation sites is 1. The van der Waals surface area contributed by atoms with Crippen molar-refractivity contribution in [3.63, 3.8) is 0 Å². The lowest BCUT2D eigenvalue weighted by Crippen LogP contribution is -2.06. The van der Waals surface area contributed by atoms with Crippen molar-refractivity contribution in [3.8, 4) is 11.3 Å². The Kier molecular flexibility index (Phi) is 5.06. The van der Waals surface area contributed by atoms with E-state index in [-0.39, 0.29) is 0 Å². The van der Waals surface area contributed by atoms with E-state index in [1.165, 1.54) is 0 Å². The smallest absolute Gasteiger partial charge is 0.229 e.